The monoisotopic (exact) mass is 520 g/mol. The van der Waals surface area contributed by atoms with Crippen LogP contribution in [0.1, 0.15) is 57.6 Å². The second kappa shape index (κ2) is 13.4. The zero-order valence-corrected chi connectivity index (χ0v) is 21.2. The molecule has 0 aromatic carbocycles. The highest BCUT2D eigenvalue weighted by atomic mass is 127. The Labute approximate surface area is 194 Å². The maximum atomic E-state index is 5.64. The first-order valence-corrected chi connectivity index (χ1v) is 10.7. The minimum Gasteiger partial charge on any atom is -0.382 e. The smallest absolute Gasteiger partial charge is 0.191 e. The molecule has 168 valence electrons. The lowest BCUT2D eigenvalue weighted by atomic mass is 9.83. The molecule has 1 fully saturated rings. The van der Waals surface area contributed by atoms with Crippen molar-refractivity contribution in [3.8, 4) is 0 Å². The van der Waals surface area contributed by atoms with Crippen LogP contribution in [0, 0.1) is 5.41 Å². The van der Waals surface area contributed by atoms with E-state index in [4.69, 9.17) is 9.73 Å². The summed E-state index contributed by atoms with van der Waals surface area (Å²) >= 11 is 0. The van der Waals surface area contributed by atoms with E-state index in [0.717, 1.165) is 45.2 Å². The van der Waals surface area contributed by atoms with Crippen LogP contribution >= 0.6 is 24.0 Å². The predicted octanol–water partition coefficient (Wildman–Crippen LogP) is 3.18. The van der Waals surface area contributed by atoms with Gasteiger partial charge in [0.2, 0.25) is 0 Å². The van der Waals surface area contributed by atoms with Crippen molar-refractivity contribution in [3.05, 3.63) is 18.0 Å². The average Bonchev–Trinajstić information content (AvgIpc) is 3.30. The number of hydrogen-bond acceptors (Lipinski definition) is 4. The topological polar surface area (TPSA) is 66.7 Å². The highest BCUT2D eigenvalue weighted by Crippen LogP contribution is 2.41. The Morgan fingerprint density at radius 2 is 2.03 bits per heavy atom. The van der Waals surface area contributed by atoms with Crippen LogP contribution in [0.3, 0.4) is 0 Å². The van der Waals surface area contributed by atoms with Crippen molar-refractivity contribution in [2.75, 3.05) is 46.9 Å². The molecule has 2 N–H and O–H groups in total. The van der Waals surface area contributed by atoms with E-state index in [1.54, 1.807) is 0 Å². The molecule has 1 heterocycles. The SMILES string of the molecule is CCNC(=NCC1(CCOCC)CCCC1)NCC(c1cnn(C)c1)N(C)C.I. The van der Waals surface area contributed by atoms with Crippen LogP contribution in [0.4, 0.5) is 0 Å². The molecule has 1 saturated carbocycles. The average molecular weight is 521 g/mol. The van der Waals surface area contributed by atoms with E-state index in [1.165, 1.54) is 31.2 Å². The molecule has 0 aliphatic heterocycles. The summed E-state index contributed by atoms with van der Waals surface area (Å²) in [4.78, 5) is 7.19. The van der Waals surface area contributed by atoms with Gasteiger partial charge < -0.3 is 20.3 Å². The van der Waals surface area contributed by atoms with Crippen LogP contribution in [0.15, 0.2) is 17.4 Å². The van der Waals surface area contributed by atoms with Crippen molar-refractivity contribution in [2.45, 2.75) is 52.0 Å². The zero-order valence-electron chi connectivity index (χ0n) is 18.9. The summed E-state index contributed by atoms with van der Waals surface area (Å²) < 4.78 is 7.49. The number of nitrogens with one attached hydrogen (secondary N) is 2. The molecule has 0 saturated heterocycles. The predicted molar refractivity (Wildman–Crippen MR) is 131 cm³/mol. The third-order valence-electron chi connectivity index (χ3n) is 5.76. The largest absolute Gasteiger partial charge is 0.382 e. The van der Waals surface area contributed by atoms with Crippen molar-refractivity contribution < 1.29 is 4.74 Å². The first kappa shape index (κ1) is 26.2. The summed E-state index contributed by atoms with van der Waals surface area (Å²) in [5, 5.41) is 11.3. The van der Waals surface area contributed by atoms with Crippen LogP contribution in [0.2, 0.25) is 0 Å². The molecule has 2 rings (SSSR count). The number of halogens is 1. The lowest BCUT2D eigenvalue weighted by molar-refractivity contribution is 0.107. The van der Waals surface area contributed by atoms with Crippen molar-refractivity contribution in [2.24, 2.45) is 17.5 Å². The third-order valence-corrected chi connectivity index (χ3v) is 5.76. The Morgan fingerprint density at radius 3 is 2.59 bits per heavy atom. The van der Waals surface area contributed by atoms with Gasteiger partial charge in [0.1, 0.15) is 0 Å². The van der Waals surface area contributed by atoms with E-state index in [2.05, 4.69) is 54.8 Å². The second-order valence-electron chi connectivity index (χ2n) is 8.16. The van der Waals surface area contributed by atoms with E-state index in [-0.39, 0.29) is 30.0 Å². The molecule has 1 aromatic heterocycles. The number of nitrogens with zero attached hydrogens (tertiary/aromatic N) is 4. The fourth-order valence-electron chi connectivity index (χ4n) is 4.04. The van der Waals surface area contributed by atoms with Gasteiger partial charge in [-0.3, -0.25) is 9.67 Å². The number of rotatable bonds is 11. The normalized spacial score (nSPS) is 17.2. The molecule has 1 aliphatic carbocycles. The third kappa shape index (κ3) is 8.41. The molecule has 0 spiro atoms. The molecule has 0 amide bonds. The van der Waals surface area contributed by atoms with E-state index in [1.807, 2.05) is 17.9 Å². The van der Waals surface area contributed by atoms with Crippen LogP contribution in [0.5, 0.6) is 0 Å². The second-order valence-corrected chi connectivity index (χ2v) is 8.16. The van der Waals surface area contributed by atoms with Crippen LogP contribution in [-0.2, 0) is 11.8 Å². The van der Waals surface area contributed by atoms with E-state index in [0.29, 0.717) is 5.41 Å². The number of likely N-dealkylation sites (N-methyl/N-ethyl adjacent to an activating group) is 1. The number of guanidine groups is 1. The maximum Gasteiger partial charge on any atom is 0.191 e. The first-order valence-electron chi connectivity index (χ1n) is 10.7. The van der Waals surface area contributed by atoms with E-state index < -0.39 is 0 Å². The van der Waals surface area contributed by atoms with E-state index in [9.17, 15) is 0 Å². The fraction of sp³-hybridized carbons (Fsp3) is 0.810. The molecule has 29 heavy (non-hydrogen) atoms. The van der Waals surface area contributed by atoms with Crippen molar-refractivity contribution in [3.63, 3.8) is 0 Å². The Balaban J connectivity index is 0.00000420. The maximum absolute atomic E-state index is 5.64. The summed E-state index contributed by atoms with van der Waals surface area (Å²) in [6.45, 7) is 8.34. The van der Waals surface area contributed by atoms with Gasteiger partial charge in [0.15, 0.2) is 5.96 Å². The molecule has 7 nitrogen and oxygen atoms in total. The highest BCUT2D eigenvalue weighted by Gasteiger charge is 2.33. The summed E-state index contributed by atoms with van der Waals surface area (Å²) in [5.41, 5.74) is 1.52. The standard InChI is InChI=1S/C21H40N6O.HI/c1-6-22-20(23-15-19(26(3)4)18-14-25-27(5)16-18)24-17-21(10-8-9-11-21)12-13-28-7-2;/h14,16,19H,6-13,15,17H2,1-5H3,(H2,22,23,24);1H. The van der Waals surface area contributed by atoms with Gasteiger partial charge in [-0.05, 0) is 52.6 Å². The Bertz CT molecular complexity index is 598. The van der Waals surface area contributed by atoms with Gasteiger partial charge >= 0.3 is 0 Å². The molecule has 8 heteroatoms. The summed E-state index contributed by atoms with van der Waals surface area (Å²) in [5.74, 6) is 0.904. The number of ether oxygens (including phenoxy) is 1. The van der Waals surface area contributed by atoms with Gasteiger partial charge in [0.25, 0.3) is 0 Å². The molecule has 1 aliphatic rings. The van der Waals surface area contributed by atoms with Crippen LogP contribution < -0.4 is 10.6 Å². The van der Waals surface area contributed by atoms with Gasteiger partial charge in [-0.2, -0.15) is 5.10 Å². The van der Waals surface area contributed by atoms with Gasteiger partial charge in [-0.25, -0.2) is 0 Å². The van der Waals surface area contributed by atoms with Crippen molar-refractivity contribution in [1.29, 1.82) is 0 Å². The van der Waals surface area contributed by atoms with Gasteiger partial charge in [0.05, 0.1) is 12.2 Å². The molecule has 0 radical (unpaired) electrons. The van der Waals surface area contributed by atoms with Gasteiger partial charge in [0, 0.05) is 51.7 Å². The summed E-state index contributed by atoms with van der Waals surface area (Å²) in [7, 11) is 6.16. The Kier molecular flexibility index (Phi) is 12.1. The number of aliphatic imine (C=N–C) groups is 1. The number of aryl methyl sites for hydroxylation is 1. The summed E-state index contributed by atoms with van der Waals surface area (Å²) in [6.07, 6.45) is 10.3. The lowest BCUT2D eigenvalue weighted by Crippen LogP contribution is -2.42. The number of hydrogen-bond donors (Lipinski definition) is 2. The zero-order chi connectivity index (χ0) is 20.4. The van der Waals surface area contributed by atoms with Crippen molar-refractivity contribution >= 4 is 29.9 Å². The molecular formula is C21H41IN6O. The van der Waals surface area contributed by atoms with Crippen LogP contribution in [-0.4, -0.2) is 67.6 Å². The minimum absolute atomic E-state index is 0. The molecular weight excluding hydrogens is 479 g/mol. The molecule has 0 bridgehead atoms. The minimum atomic E-state index is 0. The van der Waals surface area contributed by atoms with Crippen molar-refractivity contribution in [1.82, 2.24) is 25.3 Å². The van der Waals surface area contributed by atoms with Crippen LogP contribution in [0.25, 0.3) is 0 Å². The van der Waals surface area contributed by atoms with Gasteiger partial charge in [-0.1, -0.05) is 12.8 Å². The molecule has 1 unspecified atom stereocenters. The first-order chi connectivity index (χ1) is 13.5. The van der Waals surface area contributed by atoms with E-state index >= 15 is 0 Å². The lowest BCUT2D eigenvalue weighted by Gasteiger charge is -2.28. The Morgan fingerprint density at radius 1 is 1.31 bits per heavy atom. The Hall–Kier alpha value is -0.870. The van der Waals surface area contributed by atoms with Gasteiger partial charge in [-0.15, -0.1) is 24.0 Å². The molecule has 1 aromatic rings. The fourth-order valence-corrected chi connectivity index (χ4v) is 4.04. The number of aromatic nitrogens is 2. The highest BCUT2D eigenvalue weighted by molar-refractivity contribution is 14.0. The summed E-state index contributed by atoms with van der Waals surface area (Å²) in [6, 6.07) is 0.246. The molecule has 1 atom stereocenters. The quantitative estimate of drug-likeness (QED) is 0.203.